The Hall–Kier alpha value is -3.84. The maximum atomic E-state index is 13.0. The molecule has 2 unspecified atom stereocenters. The van der Waals surface area contributed by atoms with Crippen molar-refractivity contribution >= 4 is 35.9 Å². The lowest BCUT2D eigenvalue weighted by molar-refractivity contribution is -0.139. The topological polar surface area (TPSA) is 71.5 Å². The summed E-state index contributed by atoms with van der Waals surface area (Å²) in [5.74, 6) is -0.646. The van der Waals surface area contributed by atoms with Crippen LogP contribution in [-0.2, 0) is 17.4 Å². The van der Waals surface area contributed by atoms with E-state index in [4.69, 9.17) is 9.84 Å². The minimum atomic E-state index is -4.44. The number of benzene rings is 2. The van der Waals surface area contributed by atoms with Crippen molar-refractivity contribution in [2.45, 2.75) is 62.0 Å². The maximum Gasteiger partial charge on any atom is 0.416 e. The number of aromatic nitrogens is 1. The van der Waals surface area contributed by atoms with Crippen LogP contribution in [0.3, 0.4) is 0 Å². The third-order valence-corrected chi connectivity index (χ3v) is 8.39. The highest BCUT2D eigenvalue weighted by atomic mass is 32.2. The first-order valence-electron chi connectivity index (χ1n) is 14.2. The van der Waals surface area contributed by atoms with Crippen LogP contribution in [0, 0.1) is 6.92 Å². The molecule has 0 amide bonds. The second-order valence-electron chi connectivity index (χ2n) is 10.7. The molecule has 0 spiro atoms. The number of rotatable bonds is 13. The first-order valence-corrected chi connectivity index (χ1v) is 15.6. The summed E-state index contributed by atoms with van der Waals surface area (Å²) in [4.78, 5) is 16.2. The molecule has 0 bridgehead atoms. The first kappa shape index (κ1) is 37.6. The molecule has 0 aliphatic rings. The molecule has 3 rings (SSSR count). The van der Waals surface area contributed by atoms with Crippen LogP contribution in [0.5, 0.6) is 5.75 Å². The van der Waals surface area contributed by atoms with E-state index in [2.05, 4.69) is 22.9 Å². The van der Waals surface area contributed by atoms with Gasteiger partial charge in [0.15, 0.2) is 6.61 Å². The summed E-state index contributed by atoms with van der Waals surface area (Å²) in [6, 6.07) is 13.7. The molecule has 0 radical (unpaired) electrons. The quantitative estimate of drug-likeness (QED) is 0.0544. The van der Waals surface area contributed by atoms with Gasteiger partial charge in [-0.25, -0.2) is 4.79 Å². The number of aryl methyl sites for hydroxylation is 1. The van der Waals surface area contributed by atoms with Gasteiger partial charge in [-0.15, -0.1) is 24.4 Å². The predicted molar refractivity (Wildman–Crippen MR) is 175 cm³/mol. The monoisotopic (exact) mass is 696 g/mol. The van der Waals surface area contributed by atoms with Crippen molar-refractivity contribution in [3.05, 3.63) is 118 Å². The fraction of sp³-hybridized carbons (Fsp3) is 0.294. The van der Waals surface area contributed by atoms with E-state index in [9.17, 15) is 31.1 Å². The Bertz CT molecular complexity index is 1620. The fourth-order valence-electron chi connectivity index (χ4n) is 4.23. The number of halogens is 6. The average molecular weight is 697 g/mol. The number of nitrogens with zero attached hydrogens (tertiary/aromatic N) is 1. The number of hydrogen-bond donors (Lipinski definition) is 3. The van der Waals surface area contributed by atoms with Gasteiger partial charge in [-0.1, -0.05) is 36.4 Å². The number of aliphatic carboxylic acids is 1. The smallest absolute Gasteiger partial charge is 0.416 e. The second kappa shape index (κ2) is 16.3. The van der Waals surface area contributed by atoms with Gasteiger partial charge in [0.1, 0.15) is 5.75 Å². The summed E-state index contributed by atoms with van der Waals surface area (Å²) in [6.07, 6.45) is -2.34. The van der Waals surface area contributed by atoms with Crippen molar-refractivity contribution < 1.29 is 41.0 Å². The summed E-state index contributed by atoms with van der Waals surface area (Å²) in [5, 5.41) is 11.4. The molecule has 0 aliphatic carbocycles. The fourth-order valence-corrected chi connectivity index (χ4v) is 5.89. The number of pyridine rings is 1. The van der Waals surface area contributed by atoms with Crippen molar-refractivity contribution in [3.8, 4) is 5.75 Å². The highest BCUT2D eigenvalue weighted by Gasteiger charge is 2.30. The first-order chi connectivity index (χ1) is 21.9. The lowest BCUT2D eigenvalue weighted by Gasteiger charge is -2.19. The van der Waals surface area contributed by atoms with Gasteiger partial charge < -0.3 is 15.2 Å². The van der Waals surface area contributed by atoms with Crippen LogP contribution in [0.4, 0.5) is 26.3 Å². The molecule has 3 aromatic rings. The summed E-state index contributed by atoms with van der Waals surface area (Å²) < 4.78 is 82.8. The molecular formula is C34H34F6N2O3S2. The minimum Gasteiger partial charge on any atom is -0.482 e. The number of carboxylic acids is 1. The van der Waals surface area contributed by atoms with Gasteiger partial charge in [-0.2, -0.15) is 26.3 Å². The van der Waals surface area contributed by atoms with E-state index in [-0.39, 0.29) is 5.25 Å². The normalized spacial score (nSPS) is 14.5. The third-order valence-electron chi connectivity index (χ3n) is 6.84. The van der Waals surface area contributed by atoms with Crippen LogP contribution in [0.25, 0.3) is 5.57 Å². The van der Waals surface area contributed by atoms with Gasteiger partial charge in [-0.05, 0) is 92.8 Å². The number of hydrogen-bond acceptors (Lipinski definition) is 6. The summed E-state index contributed by atoms with van der Waals surface area (Å²) in [5.41, 5.74) is 2.49. The standard InChI is InChI=1S/C34H34F6N2O3S2/c1-20(5-6-22(3)33(35,36)37)29-13-7-24(18-41-29)17-28(47-27-12-14-30(21(2)15-27)45-19-31(43)44)16-23(4)42-32(46)25-8-10-26(11-9-25)34(38,39)40/h5-16,18,28,32,42,46H,17,19H2,1-4H3,(H,43,44)/b20-5+,22-6+,23-16+. The second-order valence-corrected chi connectivity index (χ2v) is 12.6. The van der Waals surface area contributed by atoms with Crippen molar-refractivity contribution in [2.75, 3.05) is 6.61 Å². The van der Waals surface area contributed by atoms with Crippen molar-refractivity contribution in [2.24, 2.45) is 0 Å². The molecule has 2 aromatic carbocycles. The molecule has 2 atom stereocenters. The molecule has 0 saturated carbocycles. The number of allylic oxidation sites excluding steroid dienone is 5. The van der Waals surface area contributed by atoms with Crippen LogP contribution >= 0.6 is 24.4 Å². The van der Waals surface area contributed by atoms with Crippen molar-refractivity contribution in [3.63, 3.8) is 0 Å². The highest BCUT2D eigenvalue weighted by Crippen LogP contribution is 2.33. The molecule has 0 fully saturated rings. The van der Waals surface area contributed by atoms with Crippen LogP contribution in [-0.4, -0.2) is 34.1 Å². The number of thioether (sulfide) groups is 1. The Kier molecular flexibility index (Phi) is 13.1. The minimum absolute atomic E-state index is 0.178. The van der Waals surface area contributed by atoms with Gasteiger partial charge >= 0.3 is 18.3 Å². The molecule has 0 saturated heterocycles. The lowest BCUT2D eigenvalue weighted by atomic mass is 10.1. The molecule has 13 heteroatoms. The number of carbonyl (C=O) groups is 1. The van der Waals surface area contributed by atoms with Gasteiger partial charge in [0.25, 0.3) is 0 Å². The van der Waals surface area contributed by atoms with Crippen molar-refractivity contribution in [1.29, 1.82) is 0 Å². The number of thiol groups is 1. The number of alkyl halides is 6. The van der Waals surface area contributed by atoms with E-state index in [1.165, 1.54) is 30.0 Å². The van der Waals surface area contributed by atoms with E-state index in [0.29, 0.717) is 29.0 Å². The average Bonchev–Trinajstić information content (AvgIpc) is 2.98. The molecule has 252 valence electrons. The molecule has 1 aromatic heterocycles. The molecular weight excluding hydrogens is 663 g/mol. The SMILES string of the molecule is C/C(=C\C(Cc1ccc(/C(C)=C/C=C(\C)C(F)(F)F)nc1)Sc1ccc(OCC(=O)O)c(C)c1)NC(S)c1ccc(C(F)(F)F)cc1. The van der Waals surface area contributed by atoms with Gasteiger partial charge in [0.05, 0.1) is 16.6 Å². The third kappa shape index (κ3) is 12.0. The number of ether oxygens (including phenoxy) is 1. The van der Waals surface area contributed by atoms with Crippen molar-refractivity contribution in [1.82, 2.24) is 10.3 Å². The lowest BCUT2D eigenvalue weighted by Crippen LogP contribution is -2.17. The van der Waals surface area contributed by atoms with E-state index in [1.807, 2.05) is 31.2 Å². The van der Waals surface area contributed by atoms with E-state index in [1.54, 1.807) is 32.2 Å². The van der Waals surface area contributed by atoms with Crippen LogP contribution in [0.1, 0.15) is 54.1 Å². The molecule has 2 N–H and O–H groups in total. The summed E-state index contributed by atoms with van der Waals surface area (Å²) in [7, 11) is 0. The van der Waals surface area contributed by atoms with Gasteiger partial charge in [0, 0.05) is 27.6 Å². The van der Waals surface area contributed by atoms with Crippen LogP contribution in [0.15, 0.2) is 95.2 Å². The number of carboxylic acid groups (broad SMARTS) is 1. The Balaban J connectivity index is 1.83. The van der Waals surface area contributed by atoms with Gasteiger partial charge in [-0.3, -0.25) is 4.98 Å². The largest absolute Gasteiger partial charge is 0.482 e. The predicted octanol–water partition coefficient (Wildman–Crippen LogP) is 9.61. The Labute approximate surface area is 279 Å². The van der Waals surface area contributed by atoms with Crippen LogP contribution in [0.2, 0.25) is 0 Å². The zero-order valence-electron chi connectivity index (χ0n) is 25.9. The highest BCUT2D eigenvalue weighted by molar-refractivity contribution is 8.00. The Morgan fingerprint density at radius 3 is 2.26 bits per heavy atom. The molecule has 0 aliphatic heterocycles. The Morgan fingerprint density at radius 1 is 1.02 bits per heavy atom. The molecule has 5 nitrogen and oxygen atoms in total. The molecule has 47 heavy (non-hydrogen) atoms. The maximum absolute atomic E-state index is 13.0. The summed E-state index contributed by atoms with van der Waals surface area (Å²) in [6.45, 7) is 5.83. The summed E-state index contributed by atoms with van der Waals surface area (Å²) >= 11 is 6.06. The van der Waals surface area contributed by atoms with E-state index >= 15 is 0 Å². The van der Waals surface area contributed by atoms with Gasteiger partial charge in [0.2, 0.25) is 0 Å². The molecule has 1 heterocycles. The van der Waals surface area contributed by atoms with Crippen LogP contribution < -0.4 is 10.1 Å². The van der Waals surface area contributed by atoms with E-state index in [0.717, 1.165) is 46.9 Å². The van der Waals surface area contributed by atoms with E-state index < -0.39 is 41.4 Å². The number of nitrogens with one attached hydrogen (secondary N) is 1. The zero-order valence-corrected chi connectivity index (χ0v) is 27.6. The Morgan fingerprint density at radius 2 is 1.70 bits per heavy atom. The zero-order chi connectivity index (χ0) is 34.9.